The van der Waals surface area contributed by atoms with Crippen molar-refractivity contribution in [1.82, 2.24) is 14.8 Å². The molecule has 0 aromatic carbocycles. The molecular formula is C14H23N5O. The van der Waals surface area contributed by atoms with Crippen LogP contribution in [0.25, 0.3) is 0 Å². The van der Waals surface area contributed by atoms with Crippen LogP contribution in [-0.2, 0) is 0 Å². The van der Waals surface area contributed by atoms with Gasteiger partial charge in [0.2, 0.25) is 0 Å². The lowest BCUT2D eigenvalue weighted by atomic mass is 10.3. The maximum Gasteiger partial charge on any atom is 0.142 e. The molecule has 0 amide bonds. The molecule has 6 nitrogen and oxygen atoms in total. The fourth-order valence-corrected chi connectivity index (χ4v) is 2.20. The smallest absolute Gasteiger partial charge is 0.142 e. The van der Waals surface area contributed by atoms with E-state index in [2.05, 4.69) is 32.1 Å². The number of rotatable bonds is 5. The Morgan fingerprint density at radius 1 is 1.35 bits per heavy atom. The summed E-state index contributed by atoms with van der Waals surface area (Å²) in [6.07, 6.45) is 1.56. The van der Waals surface area contributed by atoms with Gasteiger partial charge in [0.25, 0.3) is 0 Å². The van der Waals surface area contributed by atoms with Crippen molar-refractivity contribution in [2.24, 2.45) is 4.99 Å². The fraction of sp³-hybridized carbons (Fsp3) is 0.571. The van der Waals surface area contributed by atoms with E-state index in [1.165, 1.54) is 0 Å². The summed E-state index contributed by atoms with van der Waals surface area (Å²) in [6, 6.07) is 3.43. The molecule has 20 heavy (non-hydrogen) atoms. The molecule has 0 atom stereocenters. The van der Waals surface area contributed by atoms with Gasteiger partial charge in [0.15, 0.2) is 0 Å². The molecule has 0 saturated carbocycles. The highest BCUT2D eigenvalue weighted by atomic mass is 16.3. The average Bonchev–Trinajstić information content (AvgIpc) is 2.45. The van der Waals surface area contributed by atoms with Crippen molar-refractivity contribution in [2.75, 3.05) is 58.7 Å². The maximum absolute atomic E-state index is 9.63. The molecule has 2 N–H and O–H groups in total. The van der Waals surface area contributed by atoms with E-state index in [1.807, 2.05) is 0 Å². The highest BCUT2D eigenvalue weighted by molar-refractivity contribution is 5.81. The predicted molar refractivity (Wildman–Crippen MR) is 81.8 cm³/mol. The molecule has 0 aliphatic carbocycles. The third-order valence-electron chi connectivity index (χ3n) is 3.48. The van der Waals surface area contributed by atoms with Crippen molar-refractivity contribution in [2.45, 2.75) is 0 Å². The summed E-state index contributed by atoms with van der Waals surface area (Å²) in [7, 11) is 3.82. The van der Waals surface area contributed by atoms with E-state index in [-0.39, 0.29) is 5.75 Å². The van der Waals surface area contributed by atoms with Gasteiger partial charge in [-0.15, -0.1) is 0 Å². The molecule has 0 unspecified atom stereocenters. The number of hydrogen-bond donors (Lipinski definition) is 2. The third kappa shape index (κ3) is 4.18. The first kappa shape index (κ1) is 14.7. The van der Waals surface area contributed by atoms with Crippen molar-refractivity contribution in [3.63, 3.8) is 0 Å². The minimum Gasteiger partial charge on any atom is -0.506 e. The molecule has 6 heteroatoms. The number of pyridine rings is 1. The van der Waals surface area contributed by atoms with E-state index in [0.29, 0.717) is 5.69 Å². The van der Waals surface area contributed by atoms with Gasteiger partial charge in [-0.05, 0) is 19.2 Å². The SMILES string of the molecule is CN=Cc1nc(NCCN2CCN(C)CC2)ccc1O. The van der Waals surface area contributed by atoms with Crippen LogP contribution in [0.5, 0.6) is 5.75 Å². The Hall–Kier alpha value is -1.66. The van der Waals surface area contributed by atoms with Gasteiger partial charge in [0.1, 0.15) is 17.3 Å². The van der Waals surface area contributed by atoms with Crippen LogP contribution >= 0.6 is 0 Å². The second-order valence-electron chi connectivity index (χ2n) is 5.06. The lowest BCUT2D eigenvalue weighted by Crippen LogP contribution is -2.45. The van der Waals surface area contributed by atoms with Gasteiger partial charge in [-0.1, -0.05) is 0 Å². The summed E-state index contributed by atoms with van der Waals surface area (Å²) < 4.78 is 0. The van der Waals surface area contributed by atoms with Crippen LogP contribution in [0.3, 0.4) is 0 Å². The topological polar surface area (TPSA) is 64.0 Å². The summed E-state index contributed by atoms with van der Waals surface area (Å²) in [5.41, 5.74) is 0.497. The first-order valence-electron chi connectivity index (χ1n) is 6.96. The zero-order valence-corrected chi connectivity index (χ0v) is 12.2. The van der Waals surface area contributed by atoms with Crippen molar-refractivity contribution in [1.29, 1.82) is 0 Å². The lowest BCUT2D eigenvalue weighted by Gasteiger charge is -2.32. The normalized spacial score (nSPS) is 17.7. The standard InChI is InChI=1S/C14H23N5O/c1-15-11-12-13(20)3-4-14(17-12)16-5-6-19-9-7-18(2)8-10-19/h3-4,11,20H,5-10H2,1-2H3,(H,16,17). The second-order valence-corrected chi connectivity index (χ2v) is 5.06. The molecule has 1 saturated heterocycles. The number of nitrogens with one attached hydrogen (secondary N) is 1. The number of likely N-dealkylation sites (N-methyl/N-ethyl adjacent to an activating group) is 1. The number of aromatic hydroxyl groups is 1. The minimum atomic E-state index is 0.153. The Balaban J connectivity index is 1.80. The maximum atomic E-state index is 9.63. The minimum absolute atomic E-state index is 0.153. The molecule has 1 fully saturated rings. The Morgan fingerprint density at radius 3 is 2.80 bits per heavy atom. The molecule has 0 radical (unpaired) electrons. The Labute approximate surface area is 120 Å². The van der Waals surface area contributed by atoms with Gasteiger partial charge in [-0.25, -0.2) is 4.98 Å². The van der Waals surface area contributed by atoms with Gasteiger partial charge >= 0.3 is 0 Å². The van der Waals surface area contributed by atoms with Gasteiger partial charge in [0.05, 0.1) is 6.21 Å². The Kier molecular flexibility index (Phi) is 5.31. The number of aromatic nitrogens is 1. The number of nitrogens with zero attached hydrogens (tertiary/aromatic N) is 4. The van der Waals surface area contributed by atoms with Crippen LogP contribution < -0.4 is 5.32 Å². The van der Waals surface area contributed by atoms with Crippen LogP contribution in [0.1, 0.15) is 5.69 Å². The summed E-state index contributed by atoms with van der Waals surface area (Å²) >= 11 is 0. The average molecular weight is 277 g/mol. The second kappa shape index (κ2) is 7.21. The number of aliphatic imine (C=N–C) groups is 1. The summed E-state index contributed by atoms with van der Waals surface area (Å²) in [6.45, 7) is 6.37. The van der Waals surface area contributed by atoms with E-state index in [1.54, 1.807) is 25.4 Å². The van der Waals surface area contributed by atoms with Gasteiger partial charge in [-0.3, -0.25) is 9.89 Å². The third-order valence-corrected chi connectivity index (χ3v) is 3.48. The van der Waals surface area contributed by atoms with Gasteiger partial charge in [-0.2, -0.15) is 0 Å². The molecule has 0 spiro atoms. The summed E-state index contributed by atoms with van der Waals surface area (Å²) in [5.74, 6) is 0.923. The van der Waals surface area contributed by atoms with Gasteiger partial charge < -0.3 is 15.3 Å². The molecule has 1 aromatic rings. The van der Waals surface area contributed by atoms with Crippen molar-refractivity contribution in [3.05, 3.63) is 17.8 Å². The number of piperazine rings is 1. The van der Waals surface area contributed by atoms with Crippen LogP contribution in [0.4, 0.5) is 5.82 Å². The molecule has 1 aromatic heterocycles. The van der Waals surface area contributed by atoms with Crippen LogP contribution in [-0.4, -0.2) is 79.5 Å². The number of anilines is 1. The molecule has 1 aliphatic heterocycles. The Bertz CT molecular complexity index is 455. The monoisotopic (exact) mass is 277 g/mol. The van der Waals surface area contributed by atoms with E-state index in [4.69, 9.17) is 0 Å². The Morgan fingerprint density at radius 2 is 2.10 bits per heavy atom. The predicted octanol–water partition coefficient (Wildman–Crippen LogP) is 0.495. The molecule has 110 valence electrons. The van der Waals surface area contributed by atoms with Crippen LogP contribution in [0.2, 0.25) is 0 Å². The summed E-state index contributed by atoms with van der Waals surface area (Å²) in [4.78, 5) is 13.0. The van der Waals surface area contributed by atoms with Crippen LogP contribution in [0.15, 0.2) is 17.1 Å². The van der Waals surface area contributed by atoms with E-state index in [9.17, 15) is 5.11 Å². The van der Waals surface area contributed by atoms with Crippen molar-refractivity contribution < 1.29 is 5.11 Å². The molecule has 0 bridgehead atoms. The zero-order valence-electron chi connectivity index (χ0n) is 12.2. The molecule has 1 aliphatic rings. The van der Waals surface area contributed by atoms with E-state index >= 15 is 0 Å². The van der Waals surface area contributed by atoms with Crippen molar-refractivity contribution >= 4 is 12.0 Å². The van der Waals surface area contributed by atoms with E-state index in [0.717, 1.165) is 45.1 Å². The van der Waals surface area contributed by atoms with E-state index < -0.39 is 0 Å². The highest BCUT2D eigenvalue weighted by Crippen LogP contribution is 2.15. The molecular weight excluding hydrogens is 254 g/mol. The number of hydrogen-bond acceptors (Lipinski definition) is 6. The first-order chi connectivity index (χ1) is 9.69. The fourth-order valence-electron chi connectivity index (χ4n) is 2.20. The van der Waals surface area contributed by atoms with Gasteiger partial charge in [0, 0.05) is 46.3 Å². The summed E-state index contributed by atoms with van der Waals surface area (Å²) in [5, 5.41) is 12.9. The first-order valence-corrected chi connectivity index (χ1v) is 6.96. The molecule has 2 rings (SSSR count). The highest BCUT2D eigenvalue weighted by Gasteiger charge is 2.12. The zero-order chi connectivity index (χ0) is 14.4. The molecule has 2 heterocycles. The lowest BCUT2D eigenvalue weighted by molar-refractivity contribution is 0.158. The van der Waals surface area contributed by atoms with Crippen LogP contribution in [0, 0.1) is 0 Å². The largest absolute Gasteiger partial charge is 0.506 e. The van der Waals surface area contributed by atoms with Crippen molar-refractivity contribution in [3.8, 4) is 5.75 Å². The quantitative estimate of drug-likeness (QED) is 0.767.